The number of halogens is 1. The number of carbonyl (C=O) groups is 1. The molecule has 7 heteroatoms. The van der Waals surface area contributed by atoms with E-state index < -0.39 is 0 Å². The first-order valence-electron chi connectivity index (χ1n) is 9.65. The van der Waals surface area contributed by atoms with Crippen molar-refractivity contribution in [3.8, 4) is 11.4 Å². The fraction of sp³-hybridized carbons (Fsp3) is 0.318. The van der Waals surface area contributed by atoms with Crippen LogP contribution in [0.3, 0.4) is 0 Å². The highest BCUT2D eigenvalue weighted by Gasteiger charge is 2.26. The van der Waals surface area contributed by atoms with E-state index in [1.165, 1.54) is 13.2 Å². The van der Waals surface area contributed by atoms with Crippen LogP contribution in [-0.2, 0) is 11.3 Å². The van der Waals surface area contributed by atoms with E-state index in [2.05, 4.69) is 15.0 Å². The van der Waals surface area contributed by atoms with Crippen molar-refractivity contribution in [1.82, 2.24) is 15.0 Å². The highest BCUT2D eigenvalue weighted by Crippen LogP contribution is 2.32. The van der Waals surface area contributed by atoms with E-state index in [0.717, 1.165) is 36.9 Å². The predicted molar refractivity (Wildman–Crippen MR) is 104 cm³/mol. The molecule has 2 heterocycles. The van der Waals surface area contributed by atoms with Gasteiger partial charge in [0.05, 0.1) is 19.2 Å². The highest BCUT2D eigenvalue weighted by atomic mass is 19.1. The van der Waals surface area contributed by atoms with Crippen LogP contribution in [0.15, 0.2) is 53.1 Å². The molecule has 150 valence electrons. The van der Waals surface area contributed by atoms with E-state index in [1.807, 2.05) is 6.07 Å². The molecule has 29 heavy (non-hydrogen) atoms. The maximum atomic E-state index is 13.7. The number of hydrogen-bond donors (Lipinski definition) is 0. The Morgan fingerprint density at radius 1 is 1.24 bits per heavy atom. The Hall–Kier alpha value is -3.06. The van der Waals surface area contributed by atoms with Crippen LogP contribution in [0.1, 0.15) is 47.1 Å². The Kier molecular flexibility index (Phi) is 5.67. The SMILES string of the molecule is COC(=O)c1ccc(-c2noc(CN3CCCC[C@H]3c3cccc(F)c3)n2)cc1. The van der Waals surface area contributed by atoms with Gasteiger partial charge in [0.25, 0.3) is 0 Å². The van der Waals surface area contributed by atoms with Gasteiger partial charge >= 0.3 is 5.97 Å². The van der Waals surface area contributed by atoms with Gasteiger partial charge in [-0.25, -0.2) is 9.18 Å². The van der Waals surface area contributed by atoms with Crippen LogP contribution >= 0.6 is 0 Å². The van der Waals surface area contributed by atoms with E-state index in [4.69, 9.17) is 9.26 Å². The van der Waals surface area contributed by atoms with E-state index >= 15 is 0 Å². The number of rotatable bonds is 5. The lowest BCUT2D eigenvalue weighted by Crippen LogP contribution is -2.33. The molecule has 4 rings (SSSR count). The second kappa shape index (κ2) is 8.53. The monoisotopic (exact) mass is 395 g/mol. The van der Waals surface area contributed by atoms with Crippen LogP contribution in [0.2, 0.25) is 0 Å². The van der Waals surface area contributed by atoms with E-state index in [1.54, 1.807) is 36.4 Å². The fourth-order valence-corrected chi connectivity index (χ4v) is 3.75. The third kappa shape index (κ3) is 4.35. The molecule has 1 aliphatic heterocycles. The van der Waals surface area contributed by atoms with Gasteiger partial charge in [-0.15, -0.1) is 0 Å². The number of nitrogens with zero attached hydrogens (tertiary/aromatic N) is 3. The maximum Gasteiger partial charge on any atom is 0.337 e. The van der Waals surface area contributed by atoms with Gasteiger partial charge < -0.3 is 9.26 Å². The Bertz CT molecular complexity index is 987. The first-order chi connectivity index (χ1) is 14.1. The molecule has 0 aliphatic carbocycles. The normalized spacial score (nSPS) is 17.2. The number of esters is 1. The maximum absolute atomic E-state index is 13.7. The number of methoxy groups -OCH3 is 1. The zero-order chi connectivity index (χ0) is 20.2. The quantitative estimate of drug-likeness (QED) is 0.597. The van der Waals surface area contributed by atoms with Crippen LogP contribution in [0.25, 0.3) is 11.4 Å². The molecule has 6 nitrogen and oxygen atoms in total. The molecule has 1 fully saturated rings. The van der Waals surface area contributed by atoms with Crippen LogP contribution in [-0.4, -0.2) is 34.7 Å². The van der Waals surface area contributed by atoms with Gasteiger partial charge in [-0.3, -0.25) is 4.90 Å². The second-order valence-corrected chi connectivity index (χ2v) is 7.12. The third-order valence-electron chi connectivity index (χ3n) is 5.22. The summed E-state index contributed by atoms with van der Waals surface area (Å²) in [6.45, 7) is 1.40. The summed E-state index contributed by atoms with van der Waals surface area (Å²) in [5, 5.41) is 4.07. The van der Waals surface area contributed by atoms with Gasteiger partial charge in [0.1, 0.15) is 5.82 Å². The smallest absolute Gasteiger partial charge is 0.337 e. The van der Waals surface area contributed by atoms with Crippen molar-refractivity contribution >= 4 is 5.97 Å². The van der Waals surface area contributed by atoms with Crippen LogP contribution < -0.4 is 0 Å². The molecule has 0 bridgehead atoms. The first-order valence-corrected chi connectivity index (χ1v) is 9.65. The van der Waals surface area contributed by atoms with Gasteiger partial charge in [-0.2, -0.15) is 4.98 Å². The van der Waals surface area contributed by atoms with Crippen molar-refractivity contribution < 1.29 is 18.4 Å². The topological polar surface area (TPSA) is 68.5 Å². The van der Waals surface area contributed by atoms with Gasteiger partial charge in [-0.1, -0.05) is 35.8 Å². The van der Waals surface area contributed by atoms with E-state index in [-0.39, 0.29) is 17.8 Å². The number of hydrogen-bond acceptors (Lipinski definition) is 6. The lowest BCUT2D eigenvalue weighted by molar-refractivity contribution is 0.0600. The molecular formula is C22H22FN3O3. The zero-order valence-corrected chi connectivity index (χ0v) is 16.2. The summed E-state index contributed by atoms with van der Waals surface area (Å²) in [5.74, 6) is 0.374. The molecule has 0 N–H and O–H groups in total. The largest absolute Gasteiger partial charge is 0.465 e. The molecule has 0 radical (unpaired) electrons. The third-order valence-corrected chi connectivity index (χ3v) is 5.22. The molecule has 0 unspecified atom stereocenters. The van der Waals surface area contributed by atoms with Crippen molar-refractivity contribution in [2.45, 2.75) is 31.8 Å². The number of aromatic nitrogens is 2. The number of carbonyl (C=O) groups excluding carboxylic acids is 1. The second-order valence-electron chi connectivity index (χ2n) is 7.12. The minimum atomic E-state index is -0.390. The van der Waals surface area contributed by atoms with Crippen molar-refractivity contribution in [2.75, 3.05) is 13.7 Å². The summed E-state index contributed by atoms with van der Waals surface area (Å²) < 4.78 is 23.8. The number of ether oxygens (including phenoxy) is 1. The summed E-state index contributed by atoms with van der Waals surface area (Å²) in [4.78, 5) is 18.3. The van der Waals surface area contributed by atoms with Crippen LogP contribution in [0, 0.1) is 5.82 Å². The fourth-order valence-electron chi connectivity index (χ4n) is 3.75. The summed E-state index contributed by atoms with van der Waals surface area (Å²) in [7, 11) is 1.35. The van der Waals surface area contributed by atoms with Crippen molar-refractivity contribution in [3.63, 3.8) is 0 Å². The molecular weight excluding hydrogens is 373 g/mol. The Labute approximate surface area is 168 Å². The van der Waals surface area contributed by atoms with Crippen molar-refractivity contribution in [1.29, 1.82) is 0 Å². The molecule has 0 saturated carbocycles. The minimum Gasteiger partial charge on any atom is -0.465 e. The molecule has 0 amide bonds. The van der Waals surface area contributed by atoms with Gasteiger partial charge in [0.2, 0.25) is 11.7 Å². The molecule has 1 atom stereocenters. The Morgan fingerprint density at radius 2 is 2.07 bits per heavy atom. The number of piperidine rings is 1. The predicted octanol–water partition coefficient (Wildman–Crippen LogP) is 4.39. The zero-order valence-electron chi connectivity index (χ0n) is 16.2. The average Bonchev–Trinajstić information content (AvgIpc) is 3.22. The van der Waals surface area contributed by atoms with Crippen molar-refractivity contribution in [3.05, 3.63) is 71.4 Å². The molecule has 0 spiro atoms. The Balaban J connectivity index is 1.49. The van der Waals surface area contributed by atoms with Gasteiger partial charge in [0.15, 0.2) is 0 Å². The Morgan fingerprint density at radius 3 is 2.83 bits per heavy atom. The molecule has 2 aromatic carbocycles. The molecule has 3 aromatic rings. The summed E-state index contributed by atoms with van der Waals surface area (Å²) in [6.07, 6.45) is 3.17. The molecule has 1 saturated heterocycles. The average molecular weight is 395 g/mol. The van der Waals surface area contributed by atoms with Crippen molar-refractivity contribution in [2.24, 2.45) is 0 Å². The lowest BCUT2D eigenvalue weighted by Gasteiger charge is -2.35. The number of benzene rings is 2. The minimum absolute atomic E-state index is 0.133. The van der Waals surface area contributed by atoms with E-state index in [9.17, 15) is 9.18 Å². The summed E-state index contributed by atoms with van der Waals surface area (Å²) >= 11 is 0. The number of likely N-dealkylation sites (tertiary alicyclic amines) is 1. The molecule has 1 aromatic heterocycles. The van der Waals surface area contributed by atoms with Gasteiger partial charge in [0, 0.05) is 11.6 Å². The van der Waals surface area contributed by atoms with Crippen LogP contribution in [0.5, 0.6) is 0 Å². The van der Waals surface area contributed by atoms with Crippen LogP contribution in [0.4, 0.5) is 4.39 Å². The molecule has 1 aliphatic rings. The lowest BCUT2D eigenvalue weighted by atomic mass is 9.95. The van der Waals surface area contributed by atoms with Gasteiger partial charge in [-0.05, 0) is 49.2 Å². The van der Waals surface area contributed by atoms with E-state index in [0.29, 0.717) is 23.8 Å². The summed E-state index contributed by atoms with van der Waals surface area (Å²) in [5.41, 5.74) is 2.20. The highest BCUT2D eigenvalue weighted by molar-refractivity contribution is 5.89. The standard InChI is InChI=1S/C22H22FN3O3/c1-28-22(27)16-10-8-15(9-11-16)21-24-20(29-25-21)14-26-12-3-2-7-19(26)17-5-4-6-18(23)13-17/h4-6,8-11,13,19H,2-3,7,12,14H2,1H3/t19-/m0/s1. The summed E-state index contributed by atoms with van der Waals surface area (Å²) in [6, 6.07) is 13.8. The first kappa shape index (κ1) is 19.3.